The molecule has 0 aliphatic heterocycles. The Morgan fingerprint density at radius 1 is 1.19 bits per heavy atom. The van der Waals surface area contributed by atoms with Crippen molar-refractivity contribution in [3.8, 4) is 22.9 Å². The molecule has 6 nitrogen and oxygen atoms in total. The lowest BCUT2D eigenvalue weighted by molar-refractivity contribution is 0.189. The summed E-state index contributed by atoms with van der Waals surface area (Å²) in [5.74, 6) is 0.719. The molecular formula is C24H27FN4O2. The average Bonchev–Trinajstić information content (AvgIpc) is 3.53. The van der Waals surface area contributed by atoms with E-state index in [1.54, 1.807) is 16.8 Å². The highest BCUT2D eigenvalue weighted by Gasteiger charge is 2.35. The minimum absolute atomic E-state index is 0.0474. The van der Waals surface area contributed by atoms with Crippen molar-refractivity contribution < 1.29 is 13.9 Å². The van der Waals surface area contributed by atoms with E-state index in [0.717, 1.165) is 29.7 Å². The summed E-state index contributed by atoms with van der Waals surface area (Å²) in [6.07, 6.45) is 1.97. The number of carbonyl (C=O) groups is 1. The van der Waals surface area contributed by atoms with E-state index in [-0.39, 0.29) is 23.9 Å². The molecule has 162 valence electrons. The molecule has 2 aromatic carbocycles. The fourth-order valence-corrected chi connectivity index (χ4v) is 3.52. The molecule has 1 saturated carbocycles. The molecule has 7 heteroatoms. The van der Waals surface area contributed by atoms with Crippen molar-refractivity contribution in [2.24, 2.45) is 7.05 Å². The third-order valence-corrected chi connectivity index (χ3v) is 5.15. The maximum absolute atomic E-state index is 13.3. The van der Waals surface area contributed by atoms with Crippen molar-refractivity contribution in [1.29, 1.82) is 0 Å². The number of nitrogens with zero attached hydrogens (tertiary/aromatic N) is 3. The third-order valence-electron chi connectivity index (χ3n) is 5.15. The molecule has 0 bridgehead atoms. The summed E-state index contributed by atoms with van der Waals surface area (Å²) in [6.45, 7) is 4.27. The first-order valence-corrected chi connectivity index (χ1v) is 10.5. The second-order valence-electron chi connectivity index (χ2n) is 8.14. The van der Waals surface area contributed by atoms with Gasteiger partial charge in [-0.1, -0.05) is 30.3 Å². The molecule has 0 atom stereocenters. The smallest absolute Gasteiger partial charge is 0.318 e. The van der Waals surface area contributed by atoms with E-state index >= 15 is 0 Å². The number of hydrogen-bond donors (Lipinski definition) is 1. The third kappa shape index (κ3) is 4.87. The Morgan fingerprint density at radius 3 is 2.48 bits per heavy atom. The van der Waals surface area contributed by atoms with Gasteiger partial charge in [0, 0.05) is 24.7 Å². The second kappa shape index (κ2) is 8.79. The lowest BCUT2D eigenvalue weighted by atomic mass is 10.1. The van der Waals surface area contributed by atoms with Crippen LogP contribution in [-0.2, 0) is 13.6 Å². The minimum Gasteiger partial charge on any atom is -0.439 e. The van der Waals surface area contributed by atoms with Crippen molar-refractivity contribution in [2.45, 2.75) is 45.3 Å². The van der Waals surface area contributed by atoms with Crippen molar-refractivity contribution in [1.82, 2.24) is 20.0 Å². The number of benzene rings is 2. The number of nitrogens with one attached hydrogen (secondary N) is 1. The molecule has 1 aliphatic carbocycles. The predicted molar refractivity (Wildman–Crippen MR) is 117 cm³/mol. The summed E-state index contributed by atoms with van der Waals surface area (Å²) in [7, 11) is 1.81. The quantitative estimate of drug-likeness (QED) is 0.576. The second-order valence-corrected chi connectivity index (χ2v) is 8.14. The molecule has 0 radical (unpaired) electrons. The van der Waals surface area contributed by atoms with E-state index < -0.39 is 0 Å². The first-order valence-electron chi connectivity index (χ1n) is 10.5. The fraction of sp³-hybridized carbons (Fsp3) is 0.333. The topological polar surface area (TPSA) is 59.4 Å². The maximum atomic E-state index is 13.3. The molecule has 2 amide bonds. The largest absolute Gasteiger partial charge is 0.439 e. The van der Waals surface area contributed by atoms with E-state index in [1.165, 1.54) is 12.1 Å². The summed E-state index contributed by atoms with van der Waals surface area (Å²) < 4.78 is 21.2. The summed E-state index contributed by atoms with van der Waals surface area (Å²) in [4.78, 5) is 14.8. The van der Waals surface area contributed by atoms with Crippen LogP contribution in [0.3, 0.4) is 0 Å². The Hall–Kier alpha value is -3.35. The molecule has 1 N–H and O–H groups in total. The Labute approximate surface area is 181 Å². The van der Waals surface area contributed by atoms with Crippen LogP contribution in [0.5, 0.6) is 11.6 Å². The van der Waals surface area contributed by atoms with Crippen molar-refractivity contribution >= 4 is 6.03 Å². The molecule has 31 heavy (non-hydrogen) atoms. The van der Waals surface area contributed by atoms with Crippen LogP contribution in [0, 0.1) is 5.82 Å². The molecule has 1 aromatic heterocycles. The monoisotopic (exact) mass is 422 g/mol. The van der Waals surface area contributed by atoms with Crippen LogP contribution in [0.4, 0.5) is 9.18 Å². The fourth-order valence-electron chi connectivity index (χ4n) is 3.52. The van der Waals surface area contributed by atoms with Gasteiger partial charge in [0.05, 0.1) is 12.1 Å². The minimum atomic E-state index is -0.326. The Morgan fingerprint density at radius 2 is 1.87 bits per heavy atom. The number of rotatable bonds is 7. The number of halogens is 1. The SMILES string of the molecule is CC(C)NC(=O)N(Cc1c(-c2ccccc2)nn(C)c1Oc1ccc(F)cc1)C1CC1. The molecule has 0 saturated heterocycles. The number of aromatic nitrogens is 2. The number of aryl methyl sites for hydroxylation is 1. The van der Waals surface area contributed by atoms with Crippen LogP contribution < -0.4 is 10.1 Å². The Kier molecular flexibility index (Phi) is 5.93. The predicted octanol–water partition coefficient (Wildman–Crippen LogP) is 5.10. The summed E-state index contributed by atoms with van der Waals surface area (Å²) in [6, 6.07) is 15.9. The summed E-state index contributed by atoms with van der Waals surface area (Å²) in [5.41, 5.74) is 2.54. The molecular weight excluding hydrogens is 395 g/mol. The Balaban J connectivity index is 1.73. The molecule has 1 aliphatic rings. The van der Waals surface area contributed by atoms with Crippen LogP contribution in [0.2, 0.25) is 0 Å². The molecule has 0 unspecified atom stereocenters. The lowest BCUT2D eigenvalue weighted by Crippen LogP contribution is -2.43. The zero-order valence-electron chi connectivity index (χ0n) is 18.0. The van der Waals surface area contributed by atoms with Gasteiger partial charge in [0.1, 0.15) is 17.3 Å². The van der Waals surface area contributed by atoms with Gasteiger partial charge >= 0.3 is 6.03 Å². The first-order chi connectivity index (χ1) is 14.9. The number of carbonyl (C=O) groups excluding carboxylic acids is 1. The number of amides is 2. The molecule has 4 rings (SSSR count). The molecule has 0 spiro atoms. The van der Waals surface area contributed by atoms with Gasteiger partial charge in [0.25, 0.3) is 0 Å². The van der Waals surface area contributed by atoms with E-state index in [2.05, 4.69) is 5.32 Å². The molecule has 3 aromatic rings. The van der Waals surface area contributed by atoms with Crippen molar-refractivity contribution in [2.75, 3.05) is 0 Å². The van der Waals surface area contributed by atoms with E-state index in [4.69, 9.17) is 9.84 Å². The lowest BCUT2D eigenvalue weighted by Gasteiger charge is -2.24. The van der Waals surface area contributed by atoms with Crippen LogP contribution in [-0.4, -0.2) is 32.8 Å². The normalized spacial score (nSPS) is 13.3. The van der Waals surface area contributed by atoms with E-state index in [0.29, 0.717) is 18.2 Å². The number of urea groups is 1. The zero-order valence-corrected chi connectivity index (χ0v) is 18.0. The van der Waals surface area contributed by atoms with Crippen molar-refractivity contribution in [3.63, 3.8) is 0 Å². The van der Waals surface area contributed by atoms with E-state index in [9.17, 15) is 9.18 Å². The molecule has 1 heterocycles. The first kappa shape index (κ1) is 20.9. The highest BCUT2D eigenvalue weighted by Crippen LogP contribution is 2.37. The number of hydrogen-bond acceptors (Lipinski definition) is 3. The van der Waals surface area contributed by atoms with E-state index in [1.807, 2.05) is 56.1 Å². The Bertz CT molecular complexity index is 1040. The standard InChI is InChI=1S/C24H27FN4O2/c1-16(2)26-24(30)29(19-11-12-19)15-21-22(17-7-5-4-6-8-17)27-28(3)23(21)31-20-13-9-18(25)10-14-20/h4-10,13-14,16,19H,11-12,15H2,1-3H3,(H,26,30). The van der Waals surface area contributed by atoms with Crippen LogP contribution in [0.25, 0.3) is 11.3 Å². The zero-order chi connectivity index (χ0) is 22.0. The average molecular weight is 423 g/mol. The van der Waals surface area contributed by atoms with Crippen LogP contribution in [0.15, 0.2) is 54.6 Å². The highest BCUT2D eigenvalue weighted by atomic mass is 19.1. The number of ether oxygens (including phenoxy) is 1. The van der Waals surface area contributed by atoms with Gasteiger partial charge in [0.15, 0.2) is 0 Å². The van der Waals surface area contributed by atoms with Gasteiger partial charge in [-0.05, 0) is 51.0 Å². The van der Waals surface area contributed by atoms with Gasteiger partial charge in [-0.3, -0.25) is 0 Å². The molecule has 1 fully saturated rings. The maximum Gasteiger partial charge on any atom is 0.318 e. The van der Waals surface area contributed by atoms with Crippen LogP contribution in [0.1, 0.15) is 32.3 Å². The van der Waals surface area contributed by atoms with Gasteiger partial charge in [-0.2, -0.15) is 5.10 Å². The summed E-state index contributed by atoms with van der Waals surface area (Å²) in [5, 5.41) is 7.71. The summed E-state index contributed by atoms with van der Waals surface area (Å²) >= 11 is 0. The van der Waals surface area contributed by atoms with Gasteiger partial charge in [0.2, 0.25) is 5.88 Å². The van der Waals surface area contributed by atoms with Gasteiger partial charge < -0.3 is 15.0 Å². The van der Waals surface area contributed by atoms with Gasteiger partial charge in [-0.25, -0.2) is 13.9 Å². The van der Waals surface area contributed by atoms with Gasteiger partial charge in [-0.15, -0.1) is 0 Å². The highest BCUT2D eigenvalue weighted by molar-refractivity contribution is 5.76. The van der Waals surface area contributed by atoms with Crippen LogP contribution >= 0.6 is 0 Å². The van der Waals surface area contributed by atoms with Crippen molar-refractivity contribution in [3.05, 3.63) is 66.0 Å².